The van der Waals surface area contributed by atoms with Crippen LogP contribution in [0.5, 0.6) is 0 Å². The zero-order valence-corrected chi connectivity index (χ0v) is 13.5. The van der Waals surface area contributed by atoms with E-state index in [1.807, 2.05) is 12.3 Å². The van der Waals surface area contributed by atoms with Gasteiger partial charge in [0.25, 0.3) is 0 Å². The Balaban J connectivity index is 1.49. The molecule has 3 heterocycles. The van der Waals surface area contributed by atoms with Gasteiger partial charge in [0.2, 0.25) is 0 Å². The lowest BCUT2D eigenvalue weighted by atomic mass is 9.93. The number of ether oxygens (including phenoxy) is 1. The Kier molecular flexibility index (Phi) is 4.09. The number of hydrogen-bond donors (Lipinski definition) is 1. The van der Waals surface area contributed by atoms with Crippen molar-refractivity contribution < 1.29 is 13.9 Å². The van der Waals surface area contributed by atoms with Gasteiger partial charge in [0.1, 0.15) is 11.9 Å². The lowest BCUT2D eigenvalue weighted by Crippen LogP contribution is -2.26. The Hall–Kier alpha value is -2.90. The molecule has 1 aromatic carbocycles. The fourth-order valence-electron chi connectivity index (χ4n) is 3.21. The number of rotatable bonds is 4. The molecule has 0 radical (unpaired) electrons. The molecule has 1 aromatic heterocycles. The highest BCUT2D eigenvalue weighted by atomic mass is 19.1. The van der Waals surface area contributed by atoms with Crippen LogP contribution in [-0.4, -0.2) is 40.3 Å². The van der Waals surface area contributed by atoms with Crippen molar-refractivity contribution in [1.29, 1.82) is 0 Å². The SMILES string of the molecule is O=C1O[C@@H](Cn2ccnn2)CN1c1ccc([C@H]2C=CNCC2)c(F)c1. The van der Waals surface area contributed by atoms with Gasteiger partial charge in [0, 0.05) is 18.7 Å². The number of anilines is 1. The highest BCUT2D eigenvalue weighted by Crippen LogP contribution is 2.30. The van der Waals surface area contributed by atoms with Gasteiger partial charge in [-0.1, -0.05) is 17.4 Å². The second kappa shape index (κ2) is 6.54. The standard InChI is InChI=1S/C17H18FN5O2/c18-16-9-13(1-2-15(16)12-3-5-19-6-4-12)23-11-14(25-17(23)24)10-22-8-7-20-21-22/h1-3,5,7-9,12,14,19H,4,6,10-11H2/t12-,14-/m0/s1. The summed E-state index contributed by atoms with van der Waals surface area (Å²) in [6, 6.07) is 4.93. The molecule has 8 heteroatoms. The Morgan fingerprint density at radius 1 is 1.40 bits per heavy atom. The molecule has 2 aliphatic heterocycles. The van der Waals surface area contributed by atoms with Gasteiger partial charge in [-0.05, 0) is 30.3 Å². The summed E-state index contributed by atoms with van der Waals surface area (Å²) in [6.07, 6.45) is 7.12. The van der Waals surface area contributed by atoms with E-state index in [1.54, 1.807) is 29.2 Å². The Morgan fingerprint density at radius 3 is 3.04 bits per heavy atom. The molecule has 7 nitrogen and oxygen atoms in total. The summed E-state index contributed by atoms with van der Waals surface area (Å²) in [5.41, 5.74) is 1.15. The average Bonchev–Trinajstić information content (AvgIpc) is 3.25. The topological polar surface area (TPSA) is 72.3 Å². The molecule has 2 atom stereocenters. The fourth-order valence-corrected chi connectivity index (χ4v) is 3.21. The number of carbonyl (C=O) groups is 1. The molecule has 1 N–H and O–H groups in total. The number of halogens is 1. The number of nitrogens with one attached hydrogen (secondary N) is 1. The predicted molar refractivity (Wildman–Crippen MR) is 88.5 cm³/mol. The van der Waals surface area contributed by atoms with Gasteiger partial charge in [0.15, 0.2) is 0 Å². The van der Waals surface area contributed by atoms with Crippen LogP contribution in [0, 0.1) is 5.82 Å². The number of cyclic esters (lactones) is 1. The van der Waals surface area contributed by atoms with E-state index in [1.165, 1.54) is 11.0 Å². The third-order valence-electron chi connectivity index (χ3n) is 4.48. The smallest absolute Gasteiger partial charge is 0.414 e. The van der Waals surface area contributed by atoms with E-state index in [0.29, 0.717) is 24.3 Å². The van der Waals surface area contributed by atoms with Gasteiger partial charge in [0.05, 0.1) is 25.0 Å². The van der Waals surface area contributed by atoms with Crippen molar-refractivity contribution in [3.63, 3.8) is 0 Å². The van der Waals surface area contributed by atoms with E-state index in [9.17, 15) is 9.18 Å². The summed E-state index contributed by atoms with van der Waals surface area (Å²) < 4.78 is 21.5. The zero-order chi connectivity index (χ0) is 17.2. The normalized spacial score (nSPS) is 22.8. The van der Waals surface area contributed by atoms with Crippen LogP contribution in [0.4, 0.5) is 14.9 Å². The van der Waals surface area contributed by atoms with Crippen LogP contribution in [0.2, 0.25) is 0 Å². The summed E-state index contributed by atoms with van der Waals surface area (Å²) in [6.45, 7) is 1.60. The van der Waals surface area contributed by atoms with Crippen LogP contribution in [0.1, 0.15) is 17.9 Å². The van der Waals surface area contributed by atoms with Crippen molar-refractivity contribution in [2.24, 2.45) is 0 Å². The first-order valence-corrected chi connectivity index (χ1v) is 8.22. The summed E-state index contributed by atoms with van der Waals surface area (Å²) in [4.78, 5) is 13.6. The number of allylic oxidation sites excluding steroid dienone is 1. The minimum absolute atomic E-state index is 0.0564. The van der Waals surface area contributed by atoms with E-state index >= 15 is 0 Å². The minimum atomic E-state index is -0.473. The van der Waals surface area contributed by atoms with Gasteiger partial charge >= 0.3 is 6.09 Å². The Bertz CT molecular complexity index is 792. The van der Waals surface area contributed by atoms with Crippen LogP contribution in [0.25, 0.3) is 0 Å². The molecule has 2 aromatic rings. The molecule has 0 saturated carbocycles. The largest absolute Gasteiger partial charge is 0.442 e. The lowest BCUT2D eigenvalue weighted by molar-refractivity contribution is 0.129. The molecule has 130 valence electrons. The molecule has 0 unspecified atom stereocenters. The second-order valence-electron chi connectivity index (χ2n) is 6.16. The third kappa shape index (κ3) is 3.19. The van der Waals surface area contributed by atoms with E-state index in [-0.39, 0.29) is 17.8 Å². The van der Waals surface area contributed by atoms with Gasteiger partial charge in [-0.3, -0.25) is 4.90 Å². The van der Waals surface area contributed by atoms with Gasteiger partial charge < -0.3 is 10.1 Å². The van der Waals surface area contributed by atoms with Crippen molar-refractivity contribution in [3.8, 4) is 0 Å². The van der Waals surface area contributed by atoms with E-state index in [2.05, 4.69) is 15.6 Å². The molecule has 1 amide bonds. The molecular weight excluding hydrogens is 325 g/mol. The monoisotopic (exact) mass is 343 g/mol. The van der Waals surface area contributed by atoms with Crippen molar-refractivity contribution in [3.05, 3.63) is 54.2 Å². The molecule has 4 rings (SSSR count). The van der Waals surface area contributed by atoms with Gasteiger partial charge in [-0.25, -0.2) is 13.9 Å². The number of carbonyl (C=O) groups excluding carboxylic acids is 1. The summed E-state index contributed by atoms with van der Waals surface area (Å²) in [7, 11) is 0. The number of amides is 1. The molecule has 1 saturated heterocycles. The maximum absolute atomic E-state index is 14.6. The van der Waals surface area contributed by atoms with Crippen molar-refractivity contribution in [2.75, 3.05) is 18.0 Å². The molecule has 1 fully saturated rings. The quantitative estimate of drug-likeness (QED) is 0.920. The third-order valence-corrected chi connectivity index (χ3v) is 4.48. The number of hydrogen-bond acceptors (Lipinski definition) is 5. The minimum Gasteiger partial charge on any atom is -0.442 e. The van der Waals surface area contributed by atoms with Crippen molar-refractivity contribution in [1.82, 2.24) is 20.3 Å². The van der Waals surface area contributed by atoms with Crippen molar-refractivity contribution >= 4 is 11.8 Å². The first-order chi connectivity index (χ1) is 12.2. The Morgan fingerprint density at radius 2 is 2.32 bits per heavy atom. The molecule has 25 heavy (non-hydrogen) atoms. The Labute approximate surface area is 144 Å². The van der Waals surface area contributed by atoms with Crippen molar-refractivity contribution in [2.45, 2.75) is 25.0 Å². The number of nitrogens with zero attached hydrogens (tertiary/aromatic N) is 4. The summed E-state index contributed by atoms with van der Waals surface area (Å²) in [5.74, 6) is -0.248. The fraction of sp³-hybridized carbons (Fsp3) is 0.353. The molecular formula is C17H18FN5O2. The van der Waals surface area contributed by atoms with Crippen LogP contribution in [0.15, 0.2) is 42.9 Å². The van der Waals surface area contributed by atoms with E-state index in [0.717, 1.165) is 13.0 Å². The maximum Gasteiger partial charge on any atom is 0.414 e. The molecule has 0 bridgehead atoms. The van der Waals surface area contributed by atoms with Crippen LogP contribution in [0.3, 0.4) is 0 Å². The first kappa shape index (κ1) is 15.6. The van der Waals surface area contributed by atoms with Crippen LogP contribution in [-0.2, 0) is 11.3 Å². The predicted octanol–water partition coefficient (Wildman–Crippen LogP) is 2.03. The molecule has 0 aliphatic carbocycles. The van der Waals surface area contributed by atoms with Gasteiger partial charge in [-0.2, -0.15) is 0 Å². The van der Waals surface area contributed by atoms with Crippen LogP contribution < -0.4 is 10.2 Å². The highest BCUT2D eigenvalue weighted by molar-refractivity contribution is 5.89. The first-order valence-electron chi connectivity index (χ1n) is 8.22. The van der Waals surface area contributed by atoms with Gasteiger partial charge in [-0.15, -0.1) is 5.10 Å². The van der Waals surface area contributed by atoms with E-state index in [4.69, 9.17) is 4.74 Å². The summed E-state index contributed by atoms with van der Waals surface area (Å²) in [5, 5.41) is 10.7. The van der Waals surface area contributed by atoms with E-state index < -0.39 is 6.09 Å². The summed E-state index contributed by atoms with van der Waals surface area (Å²) >= 11 is 0. The number of aromatic nitrogens is 3. The maximum atomic E-state index is 14.6. The van der Waals surface area contributed by atoms with Crippen LogP contribution >= 0.6 is 0 Å². The molecule has 2 aliphatic rings. The average molecular weight is 343 g/mol. The second-order valence-corrected chi connectivity index (χ2v) is 6.16. The molecule has 0 spiro atoms. The highest BCUT2D eigenvalue weighted by Gasteiger charge is 2.33. The lowest BCUT2D eigenvalue weighted by Gasteiger charge is -2.20. The zero-order valence-electron chi connectivity index (χ0n) is 13.5. The number of benzene rings is 1.